The number of carbonyl (C=O) groups is 2. The summed E-state index contributed by atoms with van der Waals surface area (Å²) in [6.45, 7) is 1.49. The molecule has 0 aliphatic carbocycles. The molecule has 3 rings (SSSR count). The van der Waals surface area contributed by atoms with Crippen LogP contribution in [0.25, 0.3) is 6.08 Å². The van der Waals surface area contributed by atoms with E-state index in [0.717, 1.165) is 5.69 Å². The Morgan fingerprint density at radius 2 is 1.90 bits per heavy atom. The SMILES string of the molecule is CC(=O)N(c1ccccc1)c1nc(/C=C/C(=O)OCc2ccccc2C#N)cs1. The molecule has 0 spiro atoms. The number of hydrogen-bond donors (Lipinski definition) is 0. The third-order valence-corrected chi connectivity index (χ3v) is 4.77. The fourth-order valence-corrected chi connectivity index (χ4v) is 3.42. The largest absolute Gasteiger partial charge is 0.458 e. The number of esters is 1. The van der Waals surface area contributed by atoms with Gasteiger partial charge in [-0.1, -0.05) is 36.4 Å². The van der Waals surface area contributed by atoms with Gasteiger partial charge in [-0.3, -0.25) is 9.69 Å². The maximum atomic E-state index is 12.1. The van der Waals surface area contributed by atoms with Crippen LogP contribution < -0.4 is 4.90 Å². The Morgan fingerprint density at radius 3 is 2.62 bits per heavy atom. The zero-order chi connectivity index (χ0) is 20.6. The van der Waals surface area contributed by atoms with Crippen LogP contribution in [0.2, 0.25) is 0 Å². The Bertz CT molecular complexity index is 1080. The first-order chi connectivity index (χ1) is 14.1. The van der Waals surface area contributed by atoms with Gasteiger partial charge in [0.2, 0.25) is 5.91 Å². The van der Waals surface area contributed by atoms with Gasteiger partial charge in [0, 0.05) is 23.9 Å². The van der Waals surface area contributed by atoms with Crippen molar-refractivity contribution in [1.82, 2.24) is 4.98 Å². The summed E-state index contributed by atoms with van der Waals surface area (Å²) in [4.78, 5) is 30.0. The molecule has 29 heavy (non-hydrogen) atoms. The van der Waals surface area contributed by atoms with Gasteiger partial charge in [0.1, 0.15) is 6.61 Å². The summed E-state index contributed by atoms with van der Waals surface area (Å²) in [5.41, 5.74) is 2.38. The van der Waals surface area contributed by atoms with Crippen molar-refractivity contribution in [3.05, 3.63) is 82.9 Å². The van der Waals surface area contributed by atoms with Crippen molar-refractivity contribution in [1.29, 1.82) is 5.26 Å². The molecule has 0 saturated carbocycles. The molecular formula is C22H17N3O3S. The smallest absolute Gasteiger partial charge is 0.331 e. The first-order valence-electron chi connectivity index (χ1n) is 8.72. The van der Waals surface area contributed by atoms with Crippen LogP contribution in [-0.4, -0.2) is 16.9 Å². The topological polar surface area (TPSA) is 83.3 Å². The second kappa shape index (κ2) is 9.44. The Hall–Kier alpha value is -3.76. The fraction of sp³-hybridized carbons (Fsp3) is 0.0909. The zero-order valence-corrected chi connectivity index (χ0v) is 16.4. The first kappa shape index (κ1) is 20.0. The van der Waals surface area contributed by atoms with Crippen LogP contribution in [0.4, 0.5) is 10.8 Å². The van der Waals surface area contributed by atoms with Gasteiger partial charge in [-0.05, 0) is 24.3 Å². The highest BCUT2D eigenvalue weighted by molar-refractivity contribution is 7.14. The van der Waals surface area contributed by atoms with Gasteiger partial charge in [-0.2, -0.15) is 5.26 Å². The normalized spacial score (nSPS) is 10.5. The number of benzene rings is 2. The summed E-state index contributed by atoms with van der Waals surface area (Å²) < 4.78 is 5.19. The van der Waals surface area contributed by atoms with Crippen LogP contribution in [0.1, 0.15) is 23.7 Å². The quantitative estimate of drug-likeness (QED) is 0.448. The van der Waals surface area contributed by atoms with Crippen LogP contribution in [0, 0.1) is 11.3 Å². The molecule has 2 aromatic carbocycles. The molecule has 0 aliphatic rings. The fourth-order valence-electron chi connectivity index (χ4n) is 2.57. The van der Waals surface area contributed by atoms with Crippen LogP contribution >= 0.6 is 11.3 Å². The molecule has 0 unspecified atom stereocenters. The molecule has 6 nitrogen and oxygen atoms in total. The van der Waals surface area contributed by atoms with Crippen LogP contribution in [0.15, 0.2) is 66.1 Å². The number of rotatable bonds is 6. The van der Waals surface area contributed by atoms with E-state index >= 15 is 0 Å². The second-order valence-corrected chi connectivity index (χ2v) is 6.79. The predicted octanol–water partition coefficient (Wildman–Crippen LogP) is 4.46. The van der Waals surface area contributed by atoms with Crippen molar-refractivity contribution in [2.24, 2.45) is 0 Å². The number of ether oxygens (including phenoxy) is 1. The molecule has 144 valence electrons. The molecule has 0 radical (unpaired) electrons. The van der Waals surface area contributed by atoms with Gasteiger partial charge < -0.3 is 4.74 Å². The van der Waals surface area contributed by atoms with E-state index < -0.39 is 5.97 Å². The number of anilines is 2. The van der Waals surface area contributed by atoms with Gasteiger partial charge in [0.25, 0.3) is 0 Å². The van der Waals surface area contributed by atoms with Crippen molar-refractivity contribution in [2.45, 2.75) is 13.5 Å². The summed E-state index contributed by atoms with van der Waals surface area (Å²) >= 11 is 1.30. The number of hydrogen-bond acceptors (Lipinski definition) is 6. The Labute approximate surface area is 172 Å². The average Bonchev–Trinajstić information content (AvgIpc) is 3.20. The standard InChI is InChI=1S/C22H17N3O3S/c1-16(26)25(20-9-3-2-4-10-20)22-24-19(15-29-22)11-12-21(27)28-14-18-8-6-5-7-17(18)13-23/h2-12,15H,14H2,1H3/b12-11+. The molecule has 7 heteroatoms. The molecule has 1 aromatic heterocycles. The number of carbonyl (C=O) groups excluding carboxylic acids is 2. The van der Waals surface area contributed by atoms with Crippen molar-refractivity contribution < 1.29 is 14.3 Å². The lowest BCUT2D eigenvalue weighted by molar-refractivity contribution is -0.138. The van der Waals surface area contributed by atoms with E-state index in [4.69, 9.17) is 10.00 Å². The van der Waals surface area contributed by atoms with Crippen molar-refractivity contribution in [3.8, 4) is 6.07 Å². The van der Waals surface area contributed by atoms with E-state index in [2.05, 4.69) is 11.1 Å². The van der Waals surface area contributed by atoms with Crippen molar-refractivity contribution in [3.63, 3.8) is 0 Å². The number of thiazole rings is 1. The van der Waals surface area contributed by atoms with E-state index in [0.29, 0.717) is 22.0 Å². The van der Waals surface area contributed by atoms with E-state index in [1.165, 1.54) is 35.3 Å². The van der Waals surface area contributed by atoms with E-state index in [1.54, 1.807) is 29.6 Å². The molecule has 0 fully saturated rings. The van der Waals surface area contributed by atoms with E-state index in [1.807, 2.05) is 30.3 Å². The predicted molar refractivity (Wildman–Crippen MR) is 111 cm³/mol. The molecule has 0 atom stereocenters. The van der Waals surface area contributed by atoms with Crippen molar-refractivity contribution >= 4 is 40.1 Å². The number of nitriles is 1. The highest BCUT2D eigenvalue weighted by atomic mass is 32.1. The van der Waals surface area contributed by atoms with Gasteiger partial charge in [0.05, 0.1) is 23.0 Å². The molecule has 0 aliphatic heterocycles. The third-order valence-electron chi connectivity index (χ3n) is 3.93. The lowest BCUT2D eigenvalue weighted by atomic mass is 10.1. The minimum atomic E-state index is -0.543. The van der Waals surface area contributed by atoms with Gasteiger partial charge >= 0.3 is 5.97 Å². The number of aromatic nitrogens is 1. The second-order valence-electron chi connectivity index (χ2n) is 5.95. The van der Waals surface area contributed by atoms with E-state index in [9.17, 15) is 9.59 Å². The molecule has 1 heterocycles. The summed E-state index contributed by atoms with van der Waals surface area (Å²) in [7, 11) is 0. The third kappa shape index (κ3) is 5.15. The van der Waals surface area contributed by atoms with Crippen LogP contribution in [0.3, 0.4) is 0 Å². The molecule has 3 aromatic rings. The number of para-hydroxylation sites is 1. The van der Waals surface area contributed by atoms with Crippen LogP contribution in [-0.2, 0) is 20.9 Å². The molecule has 0 bridgehead atoms. The van der Waals surface area contributed by atoms with Crippen molar-refractivity contribution in [2.75, 3.05) is 4.90 Å². The minimum absolute atomic E-state index is 0.0152. The summed E-state index contributed by atoms with van der Waals surface area (Å²) in [6, 6.07) is 18.2. The molecule has 1 amide bonds. The molecule has 0 N–H and O–H groups in total. The highest BCUT2D eigenvalue weighted by Gasteiger charge is 2.17. The Morgan fingerprint density at radius 1 is 1.17 bits per heavy atom. The summed E-state index contributed by atoms with van der Waals surface area (Å²) in [5.74, 6) is -0.699. The minimum Gasteiger partial charge on any atom is -0.458 e. The average molecular weight is 403 g/mol. The maximum absolute atomic E-state index is 12.1. The van der Waals surface area contributed by atoms with Gasteiger partial charge in [0.15, 0.2) is 5.13 Å². The number of nitrogens with zero attached hydrogens (tertiary/aromatic N) is 3. The Balaban J connectivity index is 1.66. The Kier molecular flexibility index (Phi) is 6.51. The van der Waals surface area contributed by atoms with Gasteiger partial charge in [-0.15, -0.1) is 11.3 Å². The zero-order valence-electron chi connectivity index (χ0n) is 15.6. The maximum Gasteiger partial charge on any atom is 0.331 e. The first-order valence-corrected chi connectivity index (χ1v) is 9.60. The lowest BCUT2D eigenvalue weighted by Crippen LogP contribution is -2.22. The van der Waals surface area contributed by atoms with Gasteiger partial charge in [-0.25, -0.2) is 9.78 Å². The number of amides is 1. The lowest BCUT2D eigenvalue weighted by Gasteiger charge is -2.17. The molecule has 0 saturated heterocycles. The summed E-state index contributed by atoms with van der Waals surface area (Å²) in [6.07, 6.45) is 2.80. The van der Waals surface area contributed by atoms with E-state index in [-0.39, 0.29) is 12.5 Å². The monoisotopic (exact) mass is 403 g/mol. The molecular weight excluding hydrogens is 386 g/mol. The van der Waals surface area contributed by atoms with Crippen LogP contribution in [0.5, 0.6) is 0 Å². The highest BCUT2D eigenvalue weighted by Crippen LogP contribution is 2.29. The summed E-state index contributed by atoms with van der Waals surface area (Å²) in [5, 5.41) is 11.3.